The van der Waals surface area contributed by atoms with Gasteiger partial charge in [0, 0.05) is 26.4 Å². The summed E-state index contributed by atoms with van der Waals surface area (Å²) in [6.07, 6.45) is 2.36. The van der Waals surface area contributed by atoms with E-state index in [-0.39, 0.29) is 10.9 Å². The molecule has 2 heterocycles. The molecule has 0 radical (unpaired) electrons. The third-order valence-corrected chi connectivity index (χ3v) is 4.26. The molecule has 0 bridgehead atoms. The van der Waals surface area contributed by atoms with Crippen LogP contribution in [0.2, 0.25) is 0 Å². The average molecular weight is 271 g/mol. The molecule has 1 aromatic heterocycles. The topological polar surface area (TPSA) is 80.3 Å². The fourth-order valence-corrected chi connectivity index (χ4v) is 3.09. The zero-order valence-corrected chi connectivity index (χ0v) is 11.0. The van der Waals surface area contributed by atoms with Crippen LogP contribution in [0.3, 0.4) is 0 Å². The van der Waals surface area contributed by atoms with Crippen LogP contribution in [0.25, 0.3) is 0 Å². The highest BCUT2D eigenvalue weighted by Crippen LogP contribution is 2.18. The minimum Gasteiger partial charge on any atom is -0.386 e. The summed E-state index contributed by atoms with van der Waals surface area (Å²) in [6.45, 7) is 1.71. The number of pyridine rings is 1. The zero-order valence-electron chi connectivity index (χ0n) is 10.2. The quantitative estimate of drug-likeness (QED) is 0.812. The van der Waals surface area contributed by atoms with E-state index in [2.05, 4.69) is 15.0 Å². The van der Waals surface area contributed by atoms with E-state index in [0.717, 1.165) is 6.42 Å². The van der Waals surface area contributed by atoms with E-state index in [9.17, 15) is 8.42 Å². The van der Waals surface area contributed by atoms with Crippen molar-refractivity contribution in [2.45, 2.75) is 11.4 Å². The summed E-state index contributed by atoms with van der Waals surface area (Å²) in [5.41, 5.74) is 0.493. The van der Waals surface area contributed by atoms with Gasteiger partial charge in [-0.3, -0.25) is 0 Å². The first-order valence-corrected chi connectivity index (χ1v) is 7.32. The number of nitrogens with one attached hydrogen (secondary N) is 2. The molecule has 2 N–H and O–H groups in total. The number of hydrogen-bond donors (Lipinski definition) is 2. The second-order valence-electron chi connectivity index (χ2n) is 4.19. The van der Waals surface area contributed by atoms with Gasteiger partial charge in [0.15, 0.2) is 5.03 Å². The Balaban J connectivity index is 2.09. The molecule has 1 unspecified atom stereocenters. The number of ether oxygens (including phenoxy) is 1. The molecule has 0 amide bonds. The molecule has 2 rings (SSSR count). The lowest BCUT2D eigenvalue weighted by Gasteiger charge is -2.12. The van der Waals surface area contributed by atoms with Crippen molar-refractivity contribution in [1.82, 2.24) is 9.71 Å². The molecule has 0 spiro atoms. The average Bonchev–Trinajstić information content (AvgIpc) is 2.89. The largest absolute Gasteiger partial charge is 0.386 e. The van der Waals surface area contributed by atoms with Crippen LogP contribution in [0.15, 0.2) is 23.4 Å². The third-order valence-electron chi connectivity index (χ3n) is 2.88. The van der Waals surface area contributed by atoms with Gasteiger partial charge in [0.1, 0.15) is 0 Å². The van der Waals surface area contributed by atoms with E-state index < -0.39 is 10.0 Å². The Morgan fingerprint density at radius 3 is 3.06 bits per heavy atom. The number of hydrogen-bond acceptors (Lipinski definition) is 5. The molecular formula is C11H17N3O3S. The number of anilines is 1. The van der Waals surface area contributed by atoms with E-state index in [4.69, 9.17) is 4.74 Å². The van der Waals surface area contributed by atoms with Crippen molar-refractivity contribution in [1.29, 1.82) is 0 Å². The maximum atomic E-state index is 12.1. The molecule has 7 heteroatoms. The van der Waals surface area contributed by atoms with E-state index in [1.807, 2.05) is 0 Å². The van der Waals surface area contributed by atoms with Crippen LogP contribution < -0.4 is 10.0 Å². The first-order chi connectivity index (χ1) is 8.63. The van der Waals surface area contributed by atoms with Gasteiger partial charge in [0.25, 0.3) is 10.0 Å². The van der Waals surface area contributed by atoms with Crippen LogP contribution in [-0.4, -0.2) is 40.2 Å². The van der Waals surface area contributed by atoms with Crippen LogP contribution in [0.5, 0.6) is 0 Å². The molecule has 0 saturated carbocycles. The first-order valence-electron chi connectivity index (χ1n) is 5.83. The molecule has 1 aliphatic heterocycles. The lowest BCUT2D eigenvalue weighted by atomic mass is 10.1. The molecule has 1 saturated heterocycles. The SMILES string of the molecule is CNc1cccnc1S(=O)(=O)NCC1CCOC1. The number of aromatic nitrogens is 1. The van der Waals surface area contributed by atoms with Crippen LogP contribution >= 0.6 is 0 Å². The van der Waals surface area contributed by atoms with Gasteiger partial charge in [0.2, 0.25) is 0 Å². The molecule has 1 aliphatic rings. The highest BCUT2D eigenvalue weighted by Gasteiger charge is 2.22. The Morgan fingerprint density at radius 1 is 1.56 bits per heavy atom. The summed E-state index contributed by atoms with van der Waals surface area (Å²) in [4.78, 5) is 3.92. The summed E-state index contributed by atoms with van der Waals surface area (Å²) in [6, 6.07) is 3.37. The Labute approximate surface area is 107 Å². The second-order valence-corrected chi connectivity index (χ2v) is 5.87. The summed E-state index contributed by atoms with van der Waals surface area (Å²) in [5.74, 6) is 0.251. The molecule has 1 fully saturated rings. The number of sulfonamides is 1. The fraction of sp³-hybridized carbons (Fsp3) is 0.545. The Kier molecular flexibility index (Phi) is 4.15. The Bertz CT molecular complexity index is 498. The van der Waals surface area contributed by atoms with Gasteiger partial charge in [-0.05, 0) is 24.5 Å². The van der Waals surface area contributed by atoms with Crippen molar-refractivity contribution in [3.05, 3.63) is 18.3 Å². The predicted molar refractivity (Wildman–Crippen MR) is 67.9 cm³/mol. The lowest BCUT2D eigenvalue weighted by Crippen LogP contribution is -2.30. The van der Waals surface area contributed by atoms with Crippen LogP contribution in [0.1, 0.15) is 6.42 Å². The summed E-state index contributed by atoms with van der Waals surface area (Å²) < 4.78 is 32.0. The van der Waals surface area contributed by atoms with E-state index >= 15 is 0 Å². The van der Waals surface area contributed by atoms with E-state index in [0.29, 0.717) is 25.4 Å². The molecular weight excluding hydrogens is 254 g/mol. The Hall–Kier alpha value is -1.18. The highest BCUT2D eigenvalue weighted by atomic mass is 32.2. The van der Waals surface area contributed by atoms with E-state index in [1.54, 1.807) is 19.2 Å². The van der Waals surface area contributed by atoms with Crippen LogP contribution in [0, 0.1) is 5.92 Å². The second kappa shape index (κ2) is 5.64. The molecule has 1 aromatic rings. The molecule has 18 heavy (non-hydrogen) atoms. The third kappa shape index (κ3) is 2.98. The minimum absolute atomic E-state index is 0.0337. The minimum atomic E-state index is -3.57. The van der Waals surface area contributed by atoms with Gasteiger partial charge in [-0.25, -0.2) is 18.1 Å². The van der Waals surface area contributed by atoms with Crippen LogP contribution in [0.4, 0.5) is 5.69 Å². The smallest absolute Gasteiger partial charge is 0.260 e. The van der Waals surface area contributed by atoms with Gasteiger partial charge >= 0.3 is 0 Å². The summed E-state index contributed by atoms with van der Waals surface area (Å²) in [7, 11) is -1.90. The van der Waals surface area contributed by atoms with Gasteiger partial charge in [-0.2, -0.15) is 0 Å². The highest BCUT2D eigenvalue weighted by molar-refractivity contribution is 7.89. The normalized spacial score (nSPS) is 19.9. The molecule has 0 aromatic carbocycles. The van der Waals surface area contributed by atoms with Crippen molar-refractivity contribution in [3.8, 4) is 0 Å². The number of rotatable bonds is 5. The van der Waals surface area contributed by atoms with Crippen LogP contribution in [-0.2, 0) is 14.8 Å². The molecule has 1 atom stereocenters. The maximum Gasteiger partial charge on any atom is 0.260 e. The van der Waals surface area contributed by atoms with Crippen molar-refractivity contribution in [3.63, 3.8) is 0 Å². The summed E-state index contributed by atoms with van der Waals surface area (Å²) in [5, 5.41) is 2.86. The predicted octanol–water partition coefficient (Wildman–Crippen LogP) is 0.438. The monoisotopic (exact) mass is 271 g/mol. The van der Waals surface area contributed by atoms with Gasteiger partial charge in [-0.15, -0.1) is 0 Å². The maximum absolute atomic E-state index is 12.1. The Morgan fingerprint density at radius 2 is 2.39 bits per heavy atom. The lowest BCUT2D eigenvalue weighted by molar-refractivity contribution is 0.186. The zero-order chi connectivity index (χ0) is 13.0. The van der Waals surface area contributed by atoms with Gasteiger partial charge in [-0.1, -0.05) is 0 Å². The molecule has 100 valence electrons. The number of nitrogens with zero attached hydrogens (tertiary/aromatic N) is 1. The molecule has 6 nitrogen and oxygen atoms in total. The van der Waals surface area contributed by atoms with Crippen molar-refractivity contribution < 1.29 is 13.2 Å². The van der Waals surface area contributed by atoms with Crippen molar-refractivity contribution in [2.24, 2.45) is 5.92 Å². The standard InChI is InChI=1S/C11H17N3O3S/c1-12-10-3-2-5-13-11(10)18(15,16)14-7-9-4-6-17-8-9/h2-3,5,9,12,14H,4,6-8H2,1H3. The fourth-order valence-electron chi connectivity index (χ4n) is 1.84. The van der Waals surface area contributed by atoms with E-state index in [1.165, 1.54) is 6.20 Å². The van der Waals surface area contributed by atoms with Gasteiger partial charge < -0.3 is 10.1 Å². The van der Waals surface area contributed by atoms with Crippen molar-refractivity contribution >= 4 is 15.7 Å². The summed E-state index contributed by atoms with van der Waals surface area (Å²) >= 11 is 0. The van der Waals surface area contributed by atoms with Crippen molar-refractivity contribution in [2.75, 3.05) is 32.1 Å². The first kappa shape index (κ1) is 13.3. The van der Waals surface area contributed by atoms with Gasteiger partial charge in [0.05, 0.1) is 12.3 Å². The molecule has 0 aliphatic carbocycles.